The normalized spacial score (nSPS) is 15.8. The molecular formula is C20H19N7O3S. The molecule has 2 N–H and O–H groups in total. The Balaban J connectivity index is 1.75. The van der Waals surface area contributed by atoms with Crippen LogP contribution < -0.4 is 11.2 Å². The quantitative estimate of drug-likeness (QED) is 0.470. The zero-order chi connectivity index (χ0) is 21.9. The van der Waals surface area contributed by atoms with Gasteiger partial charge in [-0.05, 0) is 12.3 Å². The molecule has 3 aromatic heterocycles. The molecule has 0 saturated heterocycles. The molecule has 0 spiro atoms. The Bertz CT molecular complexity index is 1490. The van der Waals surface area contributed by atoms with Crippen LogP contribution in [0.5, 0.6) is 5.88 Å². The van der Waals surface area contributed by atoms with E-state index in [4.69, 9.17) is 0 Å². The van der Waals surface area contributed by atoms with E-state index in [1.54, 1.807) is 4.68 Å². The molecule has 0 radical (unpaired) electrons. The van der Waals surface area contributed by atoms with Crippen LogP contribution in [-0.2, 0) is 14.1 Å². The highest BCUT2D eigenvalue weighted by Crippen LogP contribution is 2.37. The summed E-state index contributed by atoms with van der Waals surface area (Å²) in [6.07, 6.45) is 4.09. The number of nitrogens with zero attached hydrogens (tertiary/aromatic N) is 6. The maximum Gasteiger partial charge on any atom is 0.333 e. The topological polar surface area (TPSA) is 123 Å². The van der Waals surface area contributed by atoms with E-state index in [-0.39, 0.29) is 11.6 Å². The highest BCUT2D eigenvalue weighted by Gasteiger charge is 2.32. The second kappa shape index (κ2) is 6.98. The number of thioether (sulfide) groups is 1. The van der Waals surface area contributed by atoms with Crippen molar-refractivity contribution in [2.45, 2.75) is 17.6 Å². The van der Waals surface area contributed by atoms with Crippen molar-refractivity contribution in [3.63, 3.8) is 0 Å². The molecule has 1 atom stereocenters. The number of aromatic hydroxyl groups is 1. The average Bonchev–Trinajstić information content (AvgIpc) is 3.40. The van der Waals surface area contributed by atoms with Gasteiger partial charge in [0.1, 0.15) is 5.56 Å². The Morgan fingerprint density at radius 1 is 1.19 bits per heavy atom. The number of nitrogens with one attached hydrogen (secondary N) is 1. The maximum absolute atomic E-state index is 12.9. The zero-order valence-electron chi connectivity index (χ0n) is 17.0. The van der Waals surface area contributed by atoms with Crippen molar-refractivity contribution < 1.29 is 5.11 Å². The fraction of sp³-hybridized carbons (Fsp3) is 0.250. The number of hydrogen-bond acceptors (Lipinski definition) is 7. The zero-order valence-corrected chi connectivity index (χ0v) is 17.8. The van der Waals surface area contributed by atoms with E-state index in [1.807, 2.05) is 36.7 Å². The first-order valence-corrected chi connectivity index (χ1v) is 10.8. The molecule has 1 aromatic carbocycles. The smallest absolute Gasteiger partial charge is 0.333 e. The second-order valence-corrected chi connectivity index (χ2v) is 8.09. The summed E-state index contributed by atoms with van der Waals surface area (Å²) >= 11 is 1.39. The standard InChI is InChI=1S/C20H19N7O3S/c1-25-16(28)15(17(29)26(2)20(25)30)13-8-14(27-18(22-13)23-19(24-27)31-3)11-9-21-12-7-5-4-6-10(11)12/h4-7,9,14,21,28H,8H2,1-3H3. The SMILES string of the molecule is CSc1nc2n(n1)C(c1c[nH]c3ccccc13)CC(c1c(O)n(C)c(=O)n(C)c1=O)=N2. The molecule has 11 heteroatoms. The lowest BCUT2D eigenvalue weighted by molar-refractivity contribution is 0.409. The summed E-state index contributed by atoms with van der Waals surface area (Å²) < 4.78 is 3.74. The molecule has 4 heterocycles. The minimum Gasteiger partial charge on any atom is -0.494 e. The van der Waals surface area contributed by atoms with Crippen molar-refractivity contribution in [2.24, 2.45) is 19.1 Å². The minimum absolute atomic E-state index is 0.00519. The number of benzene rings is 1. The van der Waals surface area contributed by atoms with Gasteiger partial charge in [-0.2, -0.15) is 4.98 Å². The lowest BCUT2D eigenvalue weighted by Crippen LogP contribution is -2.40. The van der Waals surface area contributed by atoms with Crippen molar-refractivity contribution in [3.05, 3.63) is 62.4 Å². The van der Waals surface area contributed by atoms with Gasteiger partial charge in [0, 0.05) is 43.2 Å². The highest BCUT2D eigenvalue weighted by molar-refractivity contribution is 7.98. The van der Waals surface area contributed by atoms with Crippen LogP contribution in [0.3, 0.4) is 0 Å². The molecule has 0 aliphatic carbocycles. The third-order valence-electron chi connectivity index (χ3n) is 5.60. The summed E-state index contributed by atoms with van der Waals surface area (Å²) in [5, 5.41) is 16.8. The van der Waals surface area contributed by atoms with Gasteiger partial charge in [-0.15, -0.1) is 5.10 Å². The third kappa shape index (κ3) is 2.84. The second-order valence-electron chi connectivity index (χ2n) is 7.32. The van der Waals surface area contributed by atoms with E-state index in [9.17, 15) is 14.7 Å². The van der Waals surface area contributed by atoms with Crippen LogP contribution in [0.25, 0.3) is 10.9 Å². The molecule has 0 fully saturated rings. The first kappa shape index (κ1) is 19.4. The predicted octanol–water partition coefficient (Wildman–Crippen LogP) is 1.70. The van der Waals surface area contributed by atoms with Crippen LogP contribution in [0.4, 0.5) is 5.95 Å². The Hall–Kier alpha value is -3.60. The van der Waals surface area contributed by atoms with Gasteiger partial charge in [0.15, 0.2) is 0 Å². The van der Waals surface area contributed by atoms with Crippen molar-refractivity contribution in [1.82, 2.24) is 28.9 Å². The number of hydrogen-bond donors (Lipinski definition) is 2. The predicted molar refractivity (Wildman–Crippen MR) is 118 cm³/mol. The van der Waals surface area contributed by atoms with E-state index >= 15 is 0 Å². The molecule has 0 bridgehead atoms. The van der Waals surface area contributed by atoms with Crippen molar-refractivity contribution in [2.75, 3.05) is 6.26 Å². The van der Waals surface area contributed by atoms with Gasteiger partial charge in [-0.25, -0.2) is 14.5 Å². The summed E-state index contributed by atoms with van der Waals surface area (Å²) in [5.74, 6) is -0.0706. The average molecular weight is 437 g/mol. The van der Waals surface area contributed by atoms with E-state index in [0.717, 1.165) is 25.6 Å². The first-order chi connectivity index (χ1) is 14.9. The largest absolute Gasteiger partial charge is 0.494 e. The molecule has 1 aliphatic rings. The molecule has 0 amide bonds. The molecule has 0 saturated carbocycles. The first-order valence-electron chi connectivity index (χ1n) is 9.54. The molecular weight excluding hydrogens is 418 g/mol. The van der Waals surface area contributed by atoms with Gasteiger partial charge in [-0.3, -0.25) is 13.9 Å². The van der Waals surface area contributed by atoms with Gasteiger partial charge in [-0.1, -0.05) is 30.0 Å². The molecule has 158 valence electrons. The van der Waals surface area contributed by atoms with Crippen LogP contribution in [0.2, 0.25) is 0 Å². The van der Waals surface area contributed by atoms with Crippen LogP contribution in [0.1, 0.15) is 23.6 Å². The van der Waals surface area contributed by atoms with Gasteiger partial charge in [0.05, 0.1) is 11.8 Å². The summed E-state index contributed by atoms with van der Waals surface area (Å²) in [6.45, 7) is 0. The van der Waals surface area contributed by atoms with Gasteiger partial charge >= 0.3 is 5.69 Å². The lowest BCUT2D eigenvalue weighted by atomic mass is 9.96. The van der Waals surface area contributed by atoms with E-state index in [0.29, 0.717) is 23.2 Å². The molecule has 10 nitrogen and oxygen atoms in total. The molecule has 1 aliphatic heterocycles. The lowest BCUT2D eigenvalue weighted by Gasteiger charge is -2.23. The fourth-order valence-corrected chi connectivity index (χ4v) is 4.30. The van der Waals surface area contributed by atoms with Crippen molar-refractivity contribution in [1.29, 1.82) is 0 Å². The summed E-state index contributed by atoms with van der Waals surface area (Å²) in [4.78, 5) is 37.4. The van der Waals surface area contributed by atoms with E-state index < -0.39 is 17.1 Å². The number of aromatic nitrogens is 6. The molecule has 4 aromatic rings. The van der Waals surface area contributed by atoms with Gasteiger partial charge < -0.3 is 10.1 Å². The summed E-state index contributed by atoms with van der Waals surface area (Å²) in [5.41, 5.74) is 1.10. The number of H-pyrrole nitrogens is 1. The van der Waals surface area contributed by atoms with E-state index in [1.165, 1.54) is 25.9 Å². The third-order valence-corrected chi connectivity index (χ3v) is 6.13. The number of rotatable bonds is 3. The number of aromatic amines is 1. The number of aliphatic imine (C=N–C) groups is 1. The van der Waals surface area contributed by atoms with Crippen molar-refractivity contribution in [3.8, 4) is 5.88 Å². The summed E-state index contributed by atoms with van der Waals surface area (Å²) in [7, 11) is 2.79. The number of fused-ring (bicyclic) bond motifs is 2. The van der Waals surface area contributed by atoms with Crippen LogP contribution in [0.15, 0.2) is 50.2 Å². The maximum atomic E-state index is 12.9. The Labute approximate surface area is 179 Å². The van der Waals surface area contributed by atoms with Crippen molar-refractivity contribution >= 4 is 34.3 Å². The van der Waals surface area contributed by atoms with Crippen LogP contribution >= 0.6 is 11.8 Å². The van der Waals surface area contributed by atoms with Crippen LogP contribution in [0, 0.1) is 0 Å². The molecule has 5 rings (SSSR count). The highest BCUT2D eigenvalue weighted by atomic mass is 32.2. The Morgan fingerprint density at radius 3 is 2.74 bits per heavy atom. The number of para-hydroxylation sites is 1. The van der Waals surface area contributed by atoms with E-state index in [2.05, 4.69) is 20.1 Å². The van der Waals surface area contributed by atoms with Gasteiger partial charge in [0.25, 0.3) is 5.56 Å². The van der Waals surface area contributed by atoms with Gasteiger partial charge in [0.2, 0.25) is 17.0 Å². The fourth-order valence-electron chi connectivity index (χ4n) is 3.96. The van der Waals surface area contributed by atoms with Crippen LogP contribution in [-0.4, -0.2) is 46.0 Å². The molecule has 31 heavy (non-hydrogen) atoms. The Morgan fingerprint density at radius 2 is 1.97 bits per heavy atom. The molecule has 1 unspecified atom stereocenters. The minimum atomic E-state index is -0.608. The summed E-state index contributed by atoms with van der Waals surface area (Å²) in [6, 6.07) is 7.62. The monoisotopic (exact) mass is 437 g/mol. The Kier molecular flexibility index (Phi) is 4.36.